The molecule has 0 N–H and O–H groups in total. The van der Waals surface area contributed by atoms with Crippen molar-refractivity contribution in [3.63, 3.8) is 0 Å². The van der Waals surface area contributed by atoms with E-state index in [-0.39, 0.29) is 0 Å². The van der Waals surface area contributed by atoms with Crippen LogP contribution in [0, 0.1) is 0 Å². The standard InChI is InChI=1S/C44H26N2O/c1-2-12-29(13-3-1)45-37-17-9-8-16-33(37)35-25-40-36(26-39(35)45)43-31-14-6-4-10-27(31)18-22-38(43)46(40)30-20-21-34-42(24-30)47-41-23-19-28-11-5-7-15-32(28)44(34)41/h1-26H. The molecule has 0 saturated carbocycles. The smallest absolute Gasteiger partial charge is 0.137 e. The minimum atomic E-state index is 0.895. The van der Waals surface area contributed by atoms with Crippen LogP contribution in [0.25, 0.3) is 98.5 Å². The fourth-order valence-corrected chi connectivity index (χ4v) is 8.06. The summed E-state index contributed by atoms with van der Waals surface area (Å²) >= 11 is 0. The molecule has 3 nitrogen and oxygen atoms in total. The molecule has 0 aliphatic heterocycles. The van der Waals surface area contributed by atoms with Gasteiger partial charge in [-0.15, -0.1) is 0 Å². The molecule has 47 heavy (non-hydrogen) atoms. The van der Waals surface area contributed by atoms with Gasteiger partial charge in [0.05, 0.1) is 22.1 Å². The first kappa shape index (κ1) is 24.9. The Morgan fingerprint density at radius 3 is 1.79 bits per heavy atom. The molecule has 8 aromatic carbocycles. The van der Waals surface area contributed by atoms with E-state index in [9.17, 15) is 0 Å². The van der Waals surface area contributed by atoms with Gasteiger partial charge in [-0.2, -0.15) is 0 Å². The molecule has 0 aliphatic rings. The van der Waals surface area contributed by atoms with Gasteiger partial charge in [0.2, 0.25) is 0 Å². The predicted octanol–water partition coefficient (Wildman–Crippen LogP) is 12.1. The van der Waals surface area contributed by atoms with E-state index >= 15 is 0 Å². The molecule has 11 rings (SSSR count). The molecule has 0 fully saturated rings. The molecule has 0 saturated heterocycles. The molecule has 3 aromatic heterocycles. The lowest BCUT2D eigenvalue weighted by molar-refractivity contribution is 0.669. The van der Waals surface area contributed by atoms with Crippen molar-refractivity contribution in [2.75, 3.05) is 0 Å². The molecule has 0 bridgehead atoms. The van der Waals surface area contributed by atoms with Crippen LogP contribution in [0.3, 0.4) is 0 Å². The van der Waals surface area contributed by atoms with Gasteiger partial charge in [-0.1, -0.05) is 97.1 Å². The van der Waals surface area contributed by atoms with Crippen molar-refractivity contribution in [1.29, 1.82) is 0 Å². The molecule has 0 spiro atoms. The summed E-state index contributed by atoms with van der Waals surface area (Å²) in [4.78, 5) is 0. The van der Waals surface area contributed by atoms with Gasteiger partial charge in [0.1, 0.15) is 11.2 Å². The Hall–Kier alpha value is -6.32. The Bertz CT molecular complexity index is 3070. The highest BCUT2D eigenvalue weighted by Crippen LogP contribution is 2.43. The van der Waals surface area contributed by atoms with E-state index in [0.29, 0.717) is 0 Å². The van der Waals surface area contributed by atoms with E-state index in [1.54, 1.807) is 0 Å². The average Bonchev–Trinajstić information content (AvgIpc) is 3.78. The number of nitrogens with zero attached hydrogens (tertiary/aromatic N) is 2. The van der Waals surface area contributed by atoms with Crippen molar-refractivity contribution in [3.8, 4) is 11.4 Å². The van der Waals surface area contributed by atoms with Crippen LogP contribution >= 0.6 is 0 Å². The number of rotatable bonds is 2. The van der Waals surface area contributed by atoms with Crippen LogP contribution in [0.15, 0.2) is 162 Å². The molecular weight excluding hydrogens is 572 g/mol. The summed E-state index contributed by atoms with van der Waals surface area (Å²) in [7, 11) is 0. The number of fused-ring (bicyclic) bond motifs is 13. The molecule has 0 amide bonds. The number of benzene rings is 8. The van der Waals surface area contributed by atoms with Crippen molar-refractivity contribution in [3.05, 3.63) is 158 Å². The first-order valence-corrected chi connectivity index (χ1v) is 16.1. The fraction of sp³-hybridized carbons (Fsp3) is 0. The number of hydrogen-bond donors (Lipinski definition) is 0. The Balaban J connectivity index is 1.29. The molecule has 0 unspecified atom stereocenters. The first-order chi connectivity index (χ1) is 23.3. The number of furan rings is 1. The highest BCUT2D eigenvalue weighted by Gasteiger charge is 2.20. The molecule has 11 aromatic rings. The van der Waals surface area contributed by atoms with Gasteiger partial charge in [0.25, 0.3) is 0 Å². The van der Waals surface area contributed by atoms with E-state index in [1.165, 1.54) is 70.5 Å². The SMILES string of the molecule is c1ccc(-n2c3ccccc3c3cc4c(cc32)c2c3ccccc3ccc2n4-c2ccc3c(c2)oc2ccc4ccccc4c23)cc1. The molecule has 218 valence electrons. The zero-order chi connectivity index (χ0) is 30.6. The van der Waals surface area contributed by atoms with Crippen molar-refractivity contribution < 1.29 is 4.42 Å². The lowest BCUT2D eigenvalue weighted by Gasteiger charge is -2.09. The van der Waals surface area contributed by atoms with Gasteiger partial charge in [0.15, 0.2) is 0 Å². The largest absolute Gasteiger partial charge is 0.456 e. The number of hydrogen-bond acceptors (Lipinski definition) is 1. The van der Waals surface area contributed by atoms with E-state index in [2.05, 4.69) is 167 Å². The minimum Gasteiger partial charge on any atom is -0.456 e. The normalized spacial score (nSPS) is 12.3. The first-order valence-electron chi connectivity index (χ1n) is 16.1. The lowest BCUT2D eigenvalue weighted by Crippen LogP contribution is -1.94. The van der Waals surface area contributed by atoms with Crippen LogP contribution < -0.4 is 0 Å². The number of para-hydroxylation sites is 2. The molecule has 0 radical (unpaired) electrons. The minimum absolute atomic E-state index is 0.895. The second kappa shape index (κ2) is 9.12. The molecule has 0 aliphatic carbocycles. The van der Waals surface area contributed by atoms with E-state index in [4.69, 9.17) is 4.42 Å². The highest BCUT2D eigenvalue weighted by molar-refractivity contribution is 6.25. The monoisotopic (exact) mass is 598 g/mol. The Morgan fingerprint density at radius 1 is 0.319 bits per heavy atom. The zero-order valence-corrected chi connectivity index (χ0v) is 25.3. The summed E-state index contributed by atoms with van der Waals surface area (Å²) in [5.41, 5.74) is 8.83. The summed E-state index contributed by atoms with van der Waals surface area (Å²) in [6, 6.07) is 57.0. The second-order valence-electron chi connectivity index (χ2n) is 12.5. The maximum atomic E-state index is 6.56. The quantitative estimate of drug-likeness (QED) is 0.194. The van der Waals surface area contributed by atoms with Crippen molar-refractivity contribution in [2.24, 2.45) is 0 Å². The summed E-state index contributed by atoms with van der Waals surface area (Å²) in [6.07, 6.45) is 0. The predicted molar refractivity (Wildman–Crippen MR) is 197 cm³/mol. The van der Waals surface area contributed by atoms with Gasteiger partial charge in [0, 0.05) is 49.8 Å². The third-order valence-corrected chi connectivity index (χ3v) is 10.1. The summed E-state index contributed by atoms with van der Waals surface area (Å²) in [5.74, 6) is 0. The molecule has 3 heterocycles. The zero-order valence-electron chi connectivity index (χ0n) is 25.3. The van der Waals surface area contributed by atoms with E-state index in [0.717, 1.165) is 27.9 Å². The van der Waals surface area contributed by atoms with Gasteiger partial charge < -0.3 is 13.6 Å². The van der Waals surface area contributed by atoms with Crippen LogP contribution in [0.5, 0.6) is 0 Å². The van der Waals surface area contributed by atoms with Crippen LogP contribution in [-0.2, 0) is 0 Å². The second-order valence-corrected chi connectivity index (χ2v) is 12.5. The molecule has 0 atom stereocenters. The van der Waals surface area contributed by atoms with Crippen LogP contribution in [0.1, 0.15) is 0 Å². The Morgan fingerprint density at radius 2 is 0.957 bits per heavy atom. The average molecular weight is 599 g/mol. The fourth-order valence-electron chi connectivity index (χ4n) is 8.06. The molecule has 3 heteroatoms. The summed E-state index contributed by atoms with van der Waals surface area (Å²) < 4.78 is 11.4. The maximum absolute atomic E-state index is 6.56. The van der Waals surface area contributed by atoms with Crippen molar-refractivity contribution >= 4 is 87.1 Å². The van der Waals surface area contributed by atoms with Crippen LogP contribution in [-0.4, -0.2) is 9.13 Å². The van der Waals surface area contributed by atoms with Gasteiger partial charge in [-0.25, -0.2) is 0 Å². The number of aromatic nitrogens is 2. The van der Waals surface area contributed by atoms with E-state index in [1.807, 2.05) is 0 Å². The maximum Gasteiger partial charge on any atom is 0.137 e. The Labute approximate surface area is 269 Å². The molecular formula is C44H26N2O. The van der Waals surface area contributed by atoms with Crippen LogP contribution in [0.2, 0.25) is 0 Å². The van der Waals surface area contributed by atoms with Gasteiger partial charge >= 0.3 is 0 Å². The lowest BCUT2D eigenvalue weighted by atomic mass is 10.0. The van der Waals surface area contributed by atoms with Crippen molar-refractivity contribution in [1.82, 2.24) is 9.13 Å². The highest BCUT2D eigenvalue weighted by atomic mass is 16.3. The third-order valence-electron chi connectivity index (χ3n) is 10.1. The van der Waals surface area contributed by atoms with E-state index < -0.39 is 0 Å². The van der Waals surface area contributed by atoms with Crippen LogP contribution in [0.4, 0.5) is 0 Å². The van der Waals surface area contributed by atoms with Crippen molar-refractivity contribution in [2.45, 2.75) is 0 Å². The summed E-state index contributed by atoms with van der Waals surface area (Å²) in [6.45, 7) is 0. The van der Waals surface area contributed by atoms with Gasteiger partial charge in [-0.3, -0.25) is 0 Å². The Kier molecular flexibility index (Phi) is 4.84. The summed E-state index contributed by atoms with van der Waals surface area (Å²) in [5, 5.41) is 12.2. The third kappa shape index (κ3) is 3.35. The van der Waals surface area contributed by atoms with Gasteiger partial charge in [-0.05, 0) is 76.1 Å². The topological polar surface area (TPSA) is 23.0 Å².